The van der Waals surface area contributed by atoms with E-state index in [-0.39, 0.29) is 57.8 Å². The number of carbonyl (C=O) groups excluding carboxylic acids is 5. The number of likely N-dealkylation sites (N-methyl/N-ethyl adjacent to an activating group) is 1. The number of nitriles is 1. The molecule has 354 valence electrons. The zero-order chi connectivity index (χ0) is 48.6. The number of benzene rings is 3. The molecule has 3 aromatic carbocycles. The third-order valence-corrected chi connectivity index (χ3v) is 11.0. The number of ether oxygens (including phenoxy) is 2. The zero-order valence-electron chi connectivity index (χ0n) is 38.7. The van der Waals surface area contributed by atoms with Crippen molar-refractivity contribution in [2.75, 3.05) is 46.4 Å². The van der Waals surface area contributed by atoms with E-state index in [1.807, 2.05) is 30.3 Å². The van der Waals surface area contributed by atoms with Gasteiger partial charge in [-0.1, -0.05) is 61.9 Å². The van der Waals surface area contributed by atoms with Crippen LogP contribution in [0, 0.1) is 25.2 Å². The Hall–Kier alpha value is -7.20. The van der Waals surface area contributed by atoms with Gasteiger partial charge >= 0.3 is 0 Å². The summed E-state index contributed by atoms with van der Waals surface area (Å²) in [5.74, 6) is -2.14. The van der Waals surface area contributed by atoms with Crippen molar-refractivity contribution in [2.45, 2.75) is 77.5 Å². The van der Waals surface area contributed by atoms with Gasteiger partial charge in [0.15, 0.2) is 5.82 Å². The highest BCUT2D eigenvalue weighted by atomic mass is 16.5. The molecule has 18 nitrogen and oxygen atoms in total. The Balaban J connectivity index is 1.55. The van der Waals surface area contributed by atoms with Gasteiger partial charge in [-0.2, -0.15) is 5.26 Å². The standard InChI is InChI=1S/C49H61N11O7/c1-6-7-8-9-32-10-13-34(14-11-32)44-55-29(2)42(30(3)56-44)47(63)58-38(18-19-50)49(65)60(5)43-35-15-17-41(67-25-22-53)37(28-35)36-26-33(12-16-40(36)66-24-21-52)27-39(46(62)54-23-20-51)59-45(61)31(4)57-48(43)64/h8-17,26,28,31,38-39,43H,6-7,18-19,21-25,27,50,52-53H2,1-5H3,(H,54,62)(H,57,64)(H,58,63)(H,59,61)/b9-8+/t31-,38-,39-,43-/m0/s1. The summed E-state index contributed by atoms with van der Waals surface area (Å²) in [6.07, 6.45) is 6.22. The number of nitrogens with two attached hydrogens (primary N) is 3. The summed E-state index contributed by atoms with van der Waals surface area (Å²) in [6, 6.07) is 14.8. The predicted octanol–water partition coefficient (Wildman–Crippen LogP) is 2.75. The summed E-state index contributed by atoms with van der Waals surface area (Å²) in [6.45, 7) is 7.31. The molecule has 0 aliphatic carbocycles. The number of unbranched alkanes of at least 4 members (excludes halogenated alkanes) is 1. The first kappa shape index (κ1) is 50.8. The maximum atomic E-state index is 14.7. The number of allylic oxidation sites excluding steroid dienone is 1. The molecule has 1 aliphatic heterocycles. The Kier molecular flexibility index (Phi) is 18.5. The Labute approximate surface area is 391 Å². The molecule has 5 rings (SSSR count). The number of hydrogen-bond donors (Lipinski definition) is 7. The molecule has 1 aromatic heterocycles. The number of fused-ring (bicyclic) bond motifs is 5. The lowest BCUT2D eigenvalue weighted by Crippen LogP contribution is -2.56. The number of amides is 5. The van der Waals surface area contributed by atoms with Gasteiger partial charge in [0, 0.05) is 43.2 Å². The SMILES string of the molecule is CCC/C=C/c1ccc(-c2nc(C)c(C(=O)N[C@@H](CCN)C(=O)N(C)[C@@H]3C(=O)N[C@@H](C)C(=O)N[C@H](C(=O)NCC#N)Cc4ccc(OCCN)c(c4)-c4cc3ccc4OCCN)c(C)n2)cc1. The van der Waals surface area contributed by atoms with Gasteiger partial charge in [-0.3, -0.25) is 24.0 Å². The fourth-order valence-corrected chi connectivity index (χ4v) is 7.66. The molecule has 0 saturated carbocycles. The molecular weight excluding hydrogens is 855 g/mol. The van der Waals surface area contributed by atoms with E-state index in [1.165, 1.54) is 18.9 Å². The van der Waals surface area contributed by atoms with E-state index in [0.717, 1.165) is 24.0 Å². The predicted molar refractivity (Wildman–Crippen MR) is 254 cm³/mol. The lowest BCUT2D eigenvalue weighted by molar-refractivity contribution is -0.141. The highest BCUT2D eigenvalue weighted by Crippen LogP contribution is 2.40. The maximum Gasteiger partial charge on any atom is 0.255 e. The summed E-state index contributed by atoms with van der Waals surface area (Å²) in [4.78, 5) is 81.1. The molecule has 0 saturated heterocycles. The van der Waals surface area contributed by atoms with Crippen molar-refractivity contribution in [3.8, 4) is 40.1 Å². The average Bonchev–Trinajstić information content (AvgIpc) is 3.31. The van der Waals surface area contributed by atoms with Crippen LogP contribution in [0.3, 0.4) is 0 Å². The van der Waals surface area contributed by atoms with Gasteiger partial charge in [-0.25, -0.2) is 9.97 Å². The van der Waals surface area contributed by atoms with E-state index < -0.39 is 53.7 Å². The molecule has 18 heteroatoms. The van der Waals surface area contributed by atoms with Gasteiger partial charge in [-0.05, 0) is 81.1 Å². The van der Waals surface area contributed by atoms with Crippen LogP contribution < -0.4 is 47.9 Å². The number of nitrogens with zero attached hydrogens (tertiary/aromatic N) is 4. The first-order chi connectivity index (χ1) is 32.2. The molecule has 0 fully saturated rings. The van der Waals surface area contributed by atoms with Gasteiger partial charge in [-0.15, -0.1) is 0 Å². The van der Waals surface area contributed by atoms with Crippen LogP contribution in [0.15, 0.2) is 66.7 Å². The second kappa shape index (κ2) is 24.4. The van der Waals surface area contributed by atoms with Crippen LogP contribution in [0.1, 0.15) is 77.6 Å². The lowest BCUT2D eigenvalue weighted by atomic mass is 9.93. The summed E-state index contributed by atoms with van der Waals surface area (Å²) < 4.78 is 12.2. The van der Waals surface area contributed by atoms with Crippen molar-refractivity contribution < 1.29 is 33.4 Å². The van der Waals surface area contributed by atoms with Crippen LogP contribution in [-0.2, 0) is 25.6 Å². The molecule has 67 heavy (non-hydrogen) atoms. The third-order valence-electron chi connectivity index (χ3n) is 11.0. The molecule has 2 heterocycles. The van der Waals surface area contributed by atoms with Crippen LogP contribution in [0.25, 0.3) is 28.6 Å². The molecule has 5 amide bonds. The Bertz CT molecular complexity index is 2460. The van der Waals surface area contributed by atoms with Crippen molar-refractivity contribution in [3.63, 3.8) is 0 Å². The molecule has 4 aromatic rings. The van der Waals surface area contributed by atoms with E-state index in [0.29, 0.717) is 51.0 Å². The largest absolute Gasteiger partial charge is 0.492 e. The van der Waals surface area contributed by atoms with Crippen LogP contribution in [-0.4, -0.2) is 109 Å². The Morgan fingerprint density at radius 2 is 1.55 bits per heavy atom. The van der Waals surface area contributed by atoms with Crippen LogP contribution in [0.4, 0.5) is 0 Å². The minimum atomic E-state index is -1.41. The minimum absolute atomic E-state index is 0.000841. The van der Waals surface area contributed by atoms with Crippen molar-refractivity contribution in [3.05, 3.63) is 100 Å². The van der Waals surface area contributed by atoms with Crippen molar-refractivity contribution in [2.24, 2.45) is 17.2 Å². The lowest BCUT2D eigenvalue weighted by Gasteiger charge is -2.32. The number of nitrogens with one attached hydrogen (secondary N) is 4. The van der Waals surface area contributed by atoms with Gasteiger partial charge in [0.2, 0.25) is 23.6 Å². The van der Waals surface area contributed by atoms with E-state index >= 15 is 0 Å². The van der Waals surface area contributed by atoms with Gasteiger partial charge < -0.3 is 52.8 Å². The van der Waals surface area contributed by atoms with Gasteiger partial charge in [0.1, 0.15) is 55.4 Å². The zero-order valence-corrected chi connectivity index (χ0v) is 38.7. The van der Waals surface area contributed by atoms with E-state index in [1.54, 1.807) is 50.2 Å². The van der Waals surface area contributed by atoms with Crippen molar-refractivity contribution in [1.29, 1.82) is 5.26 Å². The number of aryl methyl sites for hydroxylation is 2. The normalized spacial score (nSPS) is 16.4. The van der Waals surface area contributed by atoms with E-state index in [9.17, 15) is 29.2 Å². The topological polar surface area (TPSA) is 283 Å². The first-order valence-corrected chi connectivity index (χ1v) is 22.3. The summed E-state index contributed by atoms with van der Waals surface area (Å²) in [5, 5.41) is 19.9. The maximum absolute atomic E-state index is 14.7. The molecule has 4 atom stereocenters. The molecule has 0 radical (unpaired) electrons. The molecule has 1 aliphatic rings. The number of aromatic nitrogens is 2. The summed E-state index contributed by atoms with van der Waals surface area (Å²) in [5.41, 5.74) is 22.4. The Morgan fingerprint density at radius 3 is 2.16 bits per heavy atom. The van der Waals surface area contributed by atoms with Crippen molar-refractivity contribution in [1.82, 2.24) is 36.1 Å². The fourth-order valence-electron chi connectivity index (χ4n) is 7.66. The molecular formula is C49H61N11O7. The second-order valence-electron chi connectivity index (χ2n) is 16.1. The van der Waals surface area contributed by atoms with Crippen LogP contribution >= 0.6 is 0 Å². The van der Waals surface area contributed by atoms with Crippen molar-refractivity contribution >= 4 is 35.6 Å². The second-order valence-corrected chi connectivity index (χ2v) is 16.1. The minimum Gasteiger partial charge on any atom is -0.492 e. The first-order valence-electron chi connectivity index (χ1n) is 22.3. The smallest absolute Gasteiger partial charge is 0.255 e. The average molecular weight is 916 g/mol. The molecule has 4 bridgehead atoms. The van der Waals surface area contributed by atoms with Crippen LogP contribution in [0.2, 0.25) is 0 Å². The monoisotopic (exact) mass is 915 g/mol. The summed E-state index contributed by atoms with van der Waals surface area (Å²) in [7, 11) is 1.42. The number of rotatable bonds is 18. The number of carbonyl (C=O) groups is 5. The van der Waals surface area contributed by atoms with Gasteiger partial charge in [0.25, 0.3) is 5.91 Å². The highest BCUT2D eigenvalue weighted by molar-refractivity contribution is 6.00. The molecule has 0 unspecified atom stereocenters. The summed E-state index contributed by atoms with van der Waals surface area (Å²) >= 11 is 0. The fraction of sp³-hybridized carbons (Fsp3) is 0.388. The quantitative estimate of drug-likeness (QED) is 0.0708. The number of hydrogen-bond acceptors (Lipinski definition) is 13. The highest BCUT2D eigenvalue weighted by Gasteiger charge is 2.36. The van der Waals surface area contributed by atoms with E-state index in [2.05, 4.69) is 50.3 Å². The molecule has 0 spiro atoms. The van der Waals surface area contributed by atoms with E-state index in [4.69, 9.17) is 26.7 Å². The van der Waals surface area contributed by atoms with Gasteiger partial charge in [0.05, 0.1) is 23.0 Å². The third kappa shape index (κ3) is 13.0. The molecule has 10 N–H and O–H groups in total. The Morgan fingerprint density at radius 1 is 0.910 bits per heavy atom. The van der Waals surface area contributed by atoms with Crippen LogP contribution in [0.5, 0.6) is 11.5 Å².